The van der Waals surface area contributed by atoms with Crippen LogP contribution < -0.4 is 5.73 Å². The molecule has 0 atom stereocenters. The highest BCUT2D eigenvalue weighted by atomic mass is 16.5. The highest BCUT2D eigenvalue weighted by Gasteiger charge is 1.99. The Hall–Kier alpha value is -1.58. The summed E-state index contributed by atoms with van der Waals surface area (Å²) < 4.78 is 1.50. The zero-order valence-electron chi connectivity index (χ0n) is 5.23. The minimum atomic E-state index is 0.530. The van der Waals surface area contributed by atoms with Gasteiger partial charge in [-0.05, 0) is 18.2 Å². The molecule has 52 valence electrons. The quantitative estimate of drug-likeness (QED) is 0.521. The van der Waals surface area contributed by atoms with Gasteiger partial charge in [0.1, 0.15) is 5.82 Å². The van der Waals surface area contributed by atoms with E-state index < -0.39 is 0 Å². The largest absolute Gasteiger partial charge is 0.413 e. The van der Waals surface area contributed by atoms with Crippen LogP contribution in [0.1, 0.15) is 0 Å². The van der Waals surface area contributed by atoms with Crippen molar-refractivity contribution in [2.24, 2.45) is 0 Å². The minimum absolute atomic E-state index is 0.530. The van der Waals surface area contributed by atoms with Crippen molar-refractivity contribution in [1.82, 2.24) is 9.36 Å². The van der Waals surface area contributed by atoms with Gasteiger partial charge in [-0.3, -0.25) is 0 Å². The summed E-state index contributed by atoms with van der Waals surface area (Å²) in [7, 11) is 0. The molecule has 2 heterocycles. The highest BCUT2D eigenvalue weighted by molar-refractivity contribution is 5.54. The SMILES string of the molecule is Nc1ccc2ccn(O)n12. The Morgan fingerprint density at radius 3 is 2.80 bits per heavy atom. The van der Waals surface area contributed by atoms with Crippen LogP contribution in [0.5, 0.6) is 0 Å². The number of anilines is 1. The number of nitrogens with two attached hydrogens (primary N) is 1. The van der Waals surface area contributed by atoms with E-state index in [0.29, 0.717) is 5.82 Å². The first-order chi connectivity index (χ1) is 4.79. The molecule has 0 saturated heterocycles. The van der Waals surface area contributed by atoms with Crippen LogP contribution in [0.3, 0.4) is 0 Å². The number of fused-ring (bicyclic) bond motifs is 1. The molecule has 2 aromatic rings. The van der Waals surface area contributed by atoms with Crippen LogP contribution in [0.4, 0.5) is 5.82 Å². The average Bonchev–Trinajstić information content (AvgIpc) is 2.40. The normalized spacial score (nSPS) is 10.8. The van der Waals surface area contributed by atoms with Crippen molar-refractivity contribution in [3.05, 3.63) is 24.4 Å². The van der Waals surface area contributed by atoms with E-state index in [0.717, 1.165) is 10.4 Å². The van der Waals surface area contributed by atoms with E-state index in [4.69, 9.17) is 10.9 Å². The number of aromatic nitrogens is 2. The fraction of sp³-hybridized carbons (Fsp3) is 0. The summed E-state index contributed by atoms with van der Waals surface area (Å²) in [5, 5.41) is 9.08. The molecule has 4 nitrogen and oxygen atoms in total. The number of nitrogen functional groups attached to an aromatic ring is 1. The van der Waals surface area contributed by atoms with Gasteiger partial charge in [0.15, 0.2) is 0 Å². The fourth-order valence-electron chi connectivity index (χ4n) is 1.03. The van der Waals surface area contributed by atoms with Crippen LogP contribution in [-0.4, -0.2) is 14.6 Å². The lowest BCUT2D eigenvalue weighted by Gasteiger charge is -1.95. The van der Waals surface area contributed by atoms with Gasteiger partial charge in [-0.2, -0.15) is 0 Å². The standard InChI is InChI=1S/C6H7N3O/c7-6-2-1-5-3-4-8(10)9(5)6/h1-4,10H,7H2. The Kier molecular flexibility index (Phi) is 0.768. The van der Waals surface area contributed by atoms with Gasteiger partial charge in [0.25, 0.3) is 0 Å². The lowest BCUT2D eigenvalue weighted by molar-refractivity contribution is 0.139. The predicted molar refractivity (Wildman–Crippen MR) is 37.0 cm³/mol. The van der Waals surface area contributed by atoms with Crippen molar-refractivity contribution in [1.29, 1.82) is 0 Å². The van der Waals surface area contributed by atoms with Crippen molar-refractivity contribution < 1.29 is 5.21 Å². The van der Waals surface area contributed by atoms with Gasteiger partial charge in [-0.15, -0.1) is 4.85 Å². The van der Waals surface area contributed by atoms with E-state index in [2.05, 4.69) is 0 Å². The highest BCUT2D eigenvalue weighted by Crippen LogP contribution is 2.10. The van der Waals surface area contributed by atoms with Gasteiger partial charge in [0.2, 0.25) is 0 Å². The third-order valence-electron chi connectivity index (χ3n) is 1.50. The van der Waals surface area contributed by atoms with Crippen molar-refractivity contribution in [2.75, 3.05) is 5.73 Å². The monoisotopic (exact) mass is 137 g/mol. The molecule has 4 heteroatoms. The molecule has 0 aromatic carbocycles. The molecule has 10 heavy (non-hydrogen) atoms. The molecule has 0 aliphatic heterocycles. The molecule has 0 bridgehead atoms. The molecule has 2 rings (SSSR count). The van der Waals surface area contributed by atoms with Gasteiger partial charge in [0.05, 0.1) is 11.7 Å². The maximum absolute atomic E-state index is 9.08. The van der Waals surface area contributed by atoms with Crippen LogP contribution in [0.15, 0.2) is 24.4 Å². The van der Waals surface area contributed by atoms with Gasteiger partial charge in [0, 0.05) is 0 Å². The van der Waals surface area contributed by atoms with Crippen LogP contribution in [0.25, 0.3) is 5.52 Å². The molecule has 0 fully saturated rings. The zero-order chi connectivity index (χ0) is 7.14. The van der Waals surface area contributed by atoms with E-state index in [1.807, 2.05) is 6.07 Å². The fourth-order valence-corrected chi connectivity index (χ4v) is 1.03. The molecule has 0 unspecified atom stereocenters. The molecular weight excluding hydrogens is 130 g/mol. The van der Waals surface area contributed by atoms with E-state index >= 15 is 0 Å². The van der Waals surface area contributed by atoms with Gasteiger partial charge in [-0.1, -0.05) is 0 Å². The Labute approximate surface area is 57.0 Å². The molecule has 0 aliphatic carbocycles. The van der Waals surface area contributed by atoms with E-state index in [1.165, 1.54) is 10.7 Å². The molecule has 2 aromatic heterocycles. The Balaban J connectivity index is 2.98. The van der Waals surface area contributed by atoms with Crippen LogP contribution in [-0.2, 0) is 0 Å². The summed E-state index contributed by atoms with van der Waals surface area (Å²) in [6.45, 7) is 0. The zero-order valence-corrected chi connectivity index (χ0v) is 5.23. The maximum Gasteiger partial charge on any atom is 0.126 e. The molecule has 0 spiro atoms. The van der Waals surface area contributed by atoms with Gasteiger partial charge >= 0.3 is 0 Å². The average molecular weight is 137 g/mol. The van der Waals surface area contributed by atoms with E-state index in [1.54, 1.807) is 12.1 Å². The molecule has 0 radical (unpaired) electrons. The molecule has 0 aliphatic rings. The number of hydrogen-bond acceptors (Lipinski definition) is 2. The van der Waals surface area contributed by atoms with Gasteiger partial charge in [-0.25, -0.2) is 4.52 Å². The van der Waals surface area contributed by atoms with E-state index in [9.17, 15) is 0 Å². The second kappa shape index (κ2) is 1.47. The first-order valence-corrected chi connectivity index (χ1v) is 2.93. The lowest BCUT2D eigenvalue weighted by Crippen LogP contribution is -2.02. The second-order valence-electron chi connectivity index (χ2n) is 2.13. The summed E-state index contributed by atoms with van der Waals surface area (Å²) in [4.78, 5) is 0.949. The van der Waals surface area contributed by atoms with Crippen molar-refractivity contribution >= 4 is 11.3 Å². The summed E-state index contributed by atoms with van der Waals surface area (Å²) >= 11 is 0. The number of nitrogens with zero attached hydrogens (tertiary/aromatic N) is 2. The minimum Gasteiger partial charge on any atom is -0.413 e. The van der Waals surface area contributed by atoms with Crippen molar-refractivity contribution in [3.8, 4) is 0 Å². The summed E-state index contributed by atoms with van der Waals surface area (Å²) in [6.07, 6.45) is 1.53. The maximum atomic E-state index is 9.08. The van der Waals surface area contributed by atoms with Crippen LogP contribution in [0.2, 0.25) is 0 Å². The summed E-state index contributed by atoms with van der Waals surface area (Å²) in [5.41, 5.74) is 6.39. The Bertz CT molecular complexity index is 328. The third kappa shape index (κ3) is 0.452. The second-order valence-corrected chi connectivity index (χ2v) is 2.13. The predicted octanol–water partition coefficient (Wildman–Crippen LogP) is 0.560. The lowest BCUT2D eigenvalue weighted by atomic mass is 10.5. The first-order valence-electron chi connectivity index (χ1n) is 2.93. The number of hydrogen-bond donors (Lipinski definition) is 2. The third-order valence-corrected chi connectivity index (χ3v) is 1.50. The first kappa shape index (κ1) is 5.22. The molecule has 3 N–H and O–H groups in total. The Morgan fingerprint density at radius 1 is 1.30 bits per heavy atom. The van der Waals surface area contributed by atoms with E-state index in [-0.39, 0.29) is 0 Å². The Morgan fingerprint density at radius 2 is 2.10 bits per heavy atom. The summed E-state index contributed by atoms with van der Waals surface area (Å²) in [5.74, 6) is 0.530. The molecule has 0 saturated carbocycles. The summed E-state index contributed by atoms with van der Waals surface area (Å²) in [6, 6.07) is 5.35. The topological polar surface area (TPSA) is 55.6 Å². The van der Waals surface area contributed by atoms with Crippen LogP contribution in [0, 0.1) is 0 Å². The molecule has 0 amide bonds. The van der Waals surface area contributed by atoms with Crippen molar-refractivity contribution in [3.63, 3.8) is 0 Å². The number of rotatable bonds is 0. The van der Waals surface area contributed by atoms with Crippen LogP contribution >= 0.6 is 0 Å². The van der Waals surface area contributed by atoms with Crippen molar-refractivity contribution in [2.45, 2.75) is 0 Å². The van der Waals surface area contributed by atoms with Gasteiger partial charge < -0.3 is 10.9 Å². The molecular formula is C6H7N3O. The smallest absolute Gasteiger partial charge is 0.126 e.